The lowest BCUT2D eigenvalue weighted by Crippen LogP contribution is -2.35. The third-order valence-corrected chi connectivity index (χ3v) is 4.47. The molecule has 0 heterocycles. The maximum atomic E-state index is 11.3. The van der Waals surface area contributed by atoms with Crippen LogP contribution in [-0.2, 0) is 28.6 Å². The lowest BCUT2D eigenvalue weighted by atomic mass is 10.4. The molecule has 1 atom stereocenters. The third-order valence-electron chi connectivity index (χ3n) is 1.99. The van der Waals surface area contributed by atoms with Gasteiger partial charge >= 0.3 is 0 Å². The number of rotatable bonds is 9. The molecule has 0 saturated carbocycles. The van der Waals surface area contributed by atoms with Crippen LogP contribution < -0.4 is 0 Å². The molecule has 110 valence electrons. The van der Waals surface area contributed by atoms with Crippen LogP contribution in [0.25, 0.3) is 0 Å². The maximum absolute atomic E-state index is 11.3. The highest BCUT2D eigenvalue weighted by molar-refractivity contribution is 7.87. The molecule has 0 aliphatic rings. The molecule has 0 aliphatic carbocycles. The Kier molecular flexibility index (Phi) is 7.30. The van der Waals surface area contributed by atoms with E-state index in [9.17, 15) is 16.8 Å². The van der Waals surface area contributed by atoms with Crippen LogP contribution in [0.15, 0.2) is 0 Å². The first-order chi connectivity index (χ1) is 8.12. The van der Waals surface area contributed by atoms with E-state index in [1.165, 1.54) is 13.8 Å². The number of likely N-dealkylation sites (N-methyl/N-ethyl adjacent to an activating group) is 1. The molecule has 0 aromatic rings. The summed E-state index contributed by atoms with van der Waals surface area (Å²) in [6.07, 6.45) is -0.841. The van der Waals surface area contributed by atoms with Gasteiger partial charge in [-0.1, -0.05) is 0 Å². The first-order valence-electron chi connectivity index (χ1n) is 5.54. The summed E-state index contributed by atoms with van der Waals surface area (Å²) in [5.41, 5.74) is 0. The monoisotopic (exact) mass is 303 g/mol. The number of hydrogen-bond acceptors (Lipinski definition) is 7. The van der Waals surface area contributed by atoms with E-state index in [-0.39, 0.29) is 24.7 Å². The van der Waals surface area contributed by atoms with Crippen LogP contribution in [-0.4, -0.2) is 66.6 Å². The molecule has 0 saturated heterocycles. The summed E-state index contributed by atoms with van der Waals surface area (Å²) in [5, 5.41) is 0. The van der Waals surface area contributed by atoms with Crippen LogP contribution in [0.3, 0.4) is 0 Å². The maximum Gasteiger partial charge on any atom is 0.267 e. The Labute approximate surface area is 109 Å². The van der Waals surface area contributed by atoms with Gasteiger partial charge in [0.15, 0.2) is 0 Å². The first kappa shape index (κ1) is 17.8. The zero-order valence-electron chi connectivity index (χ0n) is 11.1. The molecule has 9 heteroatoms. The standard InChI is InChI=1S/C9H21NO6S2/c1-5-17(11,12)15-8-9(7-10(3)4)16-18(13,14)6-2/h9H,5-8H2,1-4H3. The average Bonchev–Trinajstić information content (AvgIpc) is 2.25. The summed E-state index contributed by atoms with van der Waals surface area (Å²) in [6, 6.07) is 0. The van der Waals surface area contributed by atoms with E-state index in [1.54, 1.807) is 19.0 Å². The molecule has 0 aliphatic heterocycles. The van der Waals surface area contributed by atoms with Crippen molar-refractivity contribution in [2.45, 2.75) is 20.0 Å². The van der Waals surface area contributed by atoms with Crippen molar-refractivity contribution in [2.24, 2.45) is 0 Å². The highest BCUT2D eigenvalue weighted by atomic mass is 32.2. The Hall–Kier alpha value is -0.220. The van der Waals surface area contributed by atoms with Gasteiger partial charge in [0.1, 0.15) is 6.10 Å². The van der Waals surface area contributed by atoms with Gasteiger partial charge in [0, 0.05) is 6.54 Å². The summed E-state index contributed by atoms with van der Waals surface area (Å²) >= 11 is 0. The second-order valence-electron chi connectivity index (χ2n) is 3.96. The summed E-state index contributed by atoms with van der Waals surface area (Å²) in [4.78, 5) is 1.69. The predicted molar refractivity (Wildman–Crippen MR) is 68.3 cm³/mol. The van der Waals surface area contributed by atoms with Gasteiger partial charge in [-0.3, -0.25) is 8.37 Å². The Bertz CT molecular complexity index is 428. The van der Waals surface area contributed by atoms with Crippen molar-refractivity contribution in [2.75, 3.05) is 38.8 Å². The van der Waals surface area contributed by atoms with E-state index >= 15 is 0 Å². The Balaban J connectivity index is 4.61. The molecule has 0 aromatic heterocycles. The molecule has 0 spiro atoms. The van der Waals surface area contributed by atoms with Gasteiger partial charge in [-0.05, 0) is 27.9 Å². The van der Waals surface area contributed by atoms with E-state index in [2.05, 4.69) is 4.18 Å². The van der Waals surface area contributed by atoms with Crippen LogP contribution in [0.2, 0.25) is 0 Å². The summed E-state index contributed by atoms with van der Waals surface area (Å²) in [6.45, 7) is 2.83. The van der Waals surface area contributed by atoms with Gasteiger partial charge in [-0.15, -0.1) is 0 Å². The fraction of sp³-hybridized carbons (Fsp3) is 1.00. The normalized spacial score (nSPS) is 14.9. The van der Waals surface area contributed by atoms with Gasteiger partial charge in [0.05, 0.1) is 18.1 Å². The minimum absolute atomic E-state index is 0.164. The SMILES string of the molecule is CCS(=O)(=O)OCC(CN(C)C)OS(=O)(=O)CC. The summed E-state index contributed by atoms with van der Waals surface area (Å²) in [5.74, 6) is -0.334. The highest BCUT2D eigenvalue weighted by Gasteiger charge is 2.21. The van der Waals surface area contributed by atoms with Gasteiger partial charge < -0.3 is 4.90 Å². The molecule has 0 aromatic carbocycles. The highest BCUT2D eigenvalue weighted by Crippen LogP contribution is 2.05. The third kappa shape index (κ3) is 7.98. The van der Waals surface area contributed by atoms with E-state index < -0.39 is 26.3 Å². The van der Waals surface area contributed by atoms with E-state index in [0.29, 0.717) is 0 Å². The smallest absolute Gasteiger partial charge is 0.267 e. The summed E-state index contributed by atoms with van der Waals surface area (Å²) < 4.78 is 54.6. The van der Waals surface area contributed by atoms with E-state index in [0.717, 1.165) is 0 Å². The second-order valence-corrected chi connectivity index (χ2v) is 7.77. The van der Waals surface area contributed by atoms with Crippen molar-refractivity contribution in [1.82, 2.24) is 4.90 Å². The van der Waals surface area contributed by atoms with Crippen LogP contribution in [0.5, 0.6) is 0 Å². The minimum Gasteiger partial charge on any atom is -0.307 e. The molecule has 0 fully saturated rings. The Morgan fingerprint density at radius 3 is 1.89 bits per heavy atom. The van der Waals surface area contributed by atoms with Gasteiger partial charge in [0.25, 0.3) is 20.2 Å². The van der Waals surface area contributed by atoms with Gasteiger partial charge in [0.2, 0.25) is 0 Å². The van der Waals surface area contributed by atoms with Crippen LogP contribution >= 0.6 is 0 Å². The molecular formula is C9H21NO6S2. The van der Waals surface area contributed by atoms with Crippen molar-refractivity contribution in [3.8, 4) is 0 Å². The molecule has 18 heavy (non-hydrogen) atoms. The van der Waals surface area contributed by atoms with Gasteiger partial charge in [-0.2, -0.15) is 16.8 Å². The molecular weight excluding hydrogens is 282 g/mol. The lowest BCUT2D eigenvalue weighted by molar-refractivity contribution is 0.111. The second kappa shape index (κ2) is 7.39. The van der Waals surface area contributed by atoms with Gasteiger partial charge in [-0.25, -0.2) is 0 Å². The van der Waals surface area contributed by atoms with Crippen molar-refractivity contribution >= 4 is 20.2 Å². The first-order valence-corrected chi connectivity index (χ1v) is 8.70. The largest absolute Gasteiger partial charge is 0.307 e. The molecule has 0 amide bonds. The average molecular weight is 303 g/mol. The Morgan fingerprint density at radius 2 is 1.50 bits per heavy atom. The molecule has 0 rings (SSSR count). The molecule has 1 unspecified atom stereocenters. The molecule has 7 nitrogen and oxygen atoms in total. The number of nitrogens with zero attached hydrogens (tertiary/aromatic N) is 1. The number of hydrogen-bond donors (Lipinski definition) is 0. The zero-order chi connectivity index (χ0) is 14.4. The van der Waals surface area contributed by atoms with E-state index in [4.69, 9.17) is 4.18 Å². The predicted octanol–water partition coefficient (Wildman–Crippen LogP) is -0.351. The van der Waals surface area contributed by atoms with Crippen molar-refractivity contribution < 1.29 is 25.2 Å². The zero-order valence-corrected chi connectivity index (χ0v) is 12.8. The van der Waals surface area contributed by atoms with Crippen LogP contribution in [0.4, 0.5) is 0 Å². The van der Waals surface area contributed by atoms with Crippen LogP contribution in [0, 0.1) is 0 Å². The minimum atomic E-state index is -3.64. The van der Waals surface area contributed by atoms with Crippen LogP contribution in [0.1, 0.15) is 13.8 Å². The van der Waals surface area contributed by atoms with Crippen molar-refractivity contribution in [1.29, 1.82) is 0 Å². The molecule has 0 bridgehead atoms. The molecule has 0 N–H and O–H groups in total. The summed E-state index contributed by atoms with van der Waals surface area (Å²) in [7, 11) is -3.80. The van der Waals surface area contributed by atoms with Crippen molar-refractivity contribution in [3.05, 3.63) is 0 Å². The lowest BCUT2D eigenvalue weighted by Gasteiger charge is -2.20. The fourth-order valence-corrected chi connectivity index (χ4v) is 2.25. The quantitative estimate of drug-likeness (QED) is 0.538. The fourth-order valence-electron chi connectivity index (χ4n) is 1.06. The Morgan fingerprint density at radius 1 is 1.00 bits per heavy atom. The molecule has 0 radical (unpaired) electrons. The van der Waals surface area contributed by atoms with E-state index in [1.807, 2.05) is 0 Å². The topological polar surface area (TPSA) is 90.0 Å². The van der Waals surface area contributed by atoms with Crippen molar-refractivity contribution in [3.63, 3.8) is 0 Å².